The zero-order chi connectivity index (χ0) is 14.7. The van der Waals surface area contributed by atoms with E-state index in [0.29, 0.717) is 12.0 Å². The van der Waals surface area contributed by atoms with Crippen molar-refractivity contribution in [1.29, 1.82) is 0 Å². The van der Waals surface area contributed by atoms with Gasteiger partial charge in [0.1, 0.15) is 6.54 Å². The Bertz CT molecular complexity index is 546. The first-order chi connectivity index (χ1) is 9.47. The molecule has 1 saturated carbocycles. The molecular formula is C14H20BrIN4O. The molecule has 1 aliphatic rings. The second kappa shape index (κ2) is 7.98. The maximum absolute atomic E-state index is 11.9. The number of aryl methyl sites for hydroxylation is 1. The van der Waals surface area contributed by atoms with E-state index in [1.165, 1.54) is 0 Å². The topological polar surface area (TPSA) is 70.7 Å². The van der Waals surface area contributed by atoms with Gasteiger partial charge in [-0.15, -0.1) is 24.0 Å². The summed E-state index contributed by atoms with van der Waals surface area (Å²) in [6.07, 6.45) is 2.30. The van der Waals surface area contributed by atoms with Gasteiger partial charge < -0.3 is 16.0 Å². The highest BCUT2D eigenvalue weighted by molar-refractivity contribution is 14.0. The number of rotatable bonds is 4. The molecule has 0 bridgehead atoms. The molecule has 1 aliphatic carbocycles. The normalized spacial score (nSPS) is 14.3. The third-order valence-electron chi connectivity index (χ3n) is 3.31. The number of amides is 1. The van der Waals surface area contributed by atoms with Crippen LogP contribution in [0.2, 0.25) is 0 Å². The number of benzene rings is 1. The number of carbonyl (C=O) groups is 1. The highest BCUT2D eigenvalue weighted by atomic mass is 127. The van der Waals surface area contributed by atoms with Gasteiger partial charge >= 0.3 is 0 Å². The largest absolute Gasteiger partial charge is 0.370 e. The van der Waals surface area contributed by atoms with Crippen molar-refractivity contribution in [3.63, 3.8) is 0 Å². The lowest BCUT2D eigenvalue weighted by atomic mass is 10.2. The van der Waals surface area contributed by atoms with Crippen molar-refractivity contribution in [3.8, 4) is 0 Å². The summed E-state index contributed by atoms with van der Waals surface area (Å²) in [5.41, 5.74) is 7.64. The van der Waals surface area contributed by atoms with Gasteiger partial charge in [0, 0.05) is 23.2 Å². The molecule has 21 heavy (non-hydrogen) atoms. The molecule has 1 fully saturated rings. The Labute approximate surface area is 150 Å². The Morgan fingerprint density at radius 3 is 2.81 bits per heavy atom. The van der Waals surface area contributed by atoms with Crippen molar-refractivity contribution in [1.82, 2.24) is 4.90 Å². The minimum absolute atomic E-state index is 0. The standard InChI is InChI=1S/C14H19BrN4O.HI/c1-9-3-4-10(15)7-12(9)18-13(20)8-17-14(16)19(2)11-5-6-11;/h3-4,7,11H,5-6,8H2,1-2H3,(H2,16,17)(H,18,20);1H. The predicted molar refractivity (Wildman–Crippen MR) is 100 cm³/mol. The van der Waals surface area contributed by atoms with E-state index in [1.54, 1.807) is 0 Å². The fraction of sp³-hybridized carbons (Fsp3) is 0.429. The third kappa shape index (κ3) is 5.46. The minimum atomic E-state index is -0.168. The second-order valence-electron chi connectivity index (χ2n) is 5.02. The zero-order valence-electron chi connectivity index (χ0n) is 12.1. The van der Waals surface area contributed by atoms with Crippen molar-refractivity contribution < 1.29 is 4.79 Å². The second-order valence-corrected chi connectivity index (χ2v) is 5.94. The Kier molecular flexibility index (Phi) is 6.92. The molecule has 0 aliphatic heterocycles. The van der Waals surface area contributed by atoms with E-state index in [2.05, 4.69) is 26.2 Å². The number of nitrogens with zero attached hydrogens (tertiary/aromatic N) is 2. The van der Waals surface area contributed by atoms with Crippen LogP contribution in [0, 0.1) is 6.92 Å². The lowest BCUT2D eigenvalue weighted by Gasteiger charge is -2.16. The molecule has 1 aromatic rings. The number of nitrogens with one attached hydrogen (secondary N) is 1. The summed E-state index contributed by atoms with van der Waals surface area (Å²) < 4.78 is 0.926. The third-order valence-corrected chi connectivity index (χ3v) is 3.81. The number of anilines is 1. The van der Waals surface area contributed by atoms with Gasteiger partial charge in [-0.2, -0.15) is 0 Å². The number of aliphatic imine (C=N–C) groups is 1. The smallest absolute Gasteiger partial charge is 0.246 e. The van der Waals surface area contributed by atoms with Crippen LogP contribution < -0.4 is 11.1 Å². The molecule has 2 rings (SSSR count). The summed E-state index contributed by atoms with van der Waals surface area (Å²) in [6, 6.07) is 6.25. The highest BCUT2D eigenvalue weighted by Crippen LogP contribution is 2.24. The Hall–Kier alpha value is -0.830. The fourth-order valence-electron chi connectivity index (χ4n) is 1.83. The summed E-state index contributed by atoms with van der Waals surface area (Å²) in [5.74, 6) is 0.256. The molecule has 0 atom stereocenters. The van der Waals surface area contributed by atoms with Crippen molar-refractivity contribution in [2.75, 3.05) is 18.9 Å². The van der Waals surface area contributed by atoms with Gasteiger partial charge in [-0.1, -0.05) is 22.0 Å². The van der Waals surface area contributed by atoms with E-state index in [9.17, 15) is 4.79 Å². The van der Waals surface area contributed by atoms with E-state index in [0.717, 1.165) is 28.6 Å². The number of hydrogen-bond acceptors (Lipinski definition) is 2. The van der Waals surface area contributed by atoms with E-state index in [1.807, 2.05) is 37.1 Å². The van der Waals surface area contributed by atoms with E-state index in [4.69, 9.17) is 5.73 Å². The maximum atomic E-state index is 11.9. The number of nitrogens with two attached hydrogens (primary N) is 1. The van der Waals surface area contributed by atoms with Crippen molar-refractivity contribution in [2.24, 2.45) is 10.7 Å². The van der Waals surface area contributed by atoms with Crippen LogP contribution in [-0.2, 0) is 4.79 Å². The number of guanidine groups is 1. The Morgan fingerprint density at radius 1 is 1.52 bits per heavy atom. The number of hydrogen-bond donors (Lipinski definition) is 2. The average molecular weight is 467 g/mol. The van der Waals surface area contributed by atoms with E-state index < -0.39 is 0 Å². The SMILES string of the molecule is Cc1ccc(Br)cc1NC(=O)CN=C(N)N(C)C1CC1.I. The quantitative estimate of drug-likeness (QED) is 0.407. The number of halogens is 2. The molecule has 0 saturated heterocycles. The minimum Gasteiger partial charge on any atom is -0.370 e. The molecular weight excluding hydrogens is 447 g/mol. The molecule has 7 heteroatoms. The van der Waals surface area contributed by atoms with Crippen LogP contribution in [-0.4, -0.2) is 36.4 Å². The summed E-state index contributed by atoms with van der Waals surface area (Å²) in [6.45, 7) is 1.98. The molecule has 116 valence electrons. The molecule has 1 amide bonds. The van der Waals surface area contributed by atoms with Crippen molar-refractivity contribution in [3.05, 3.63) is 28.2 Å². The van der Waals surface area contributed by atoms with Gasteiger partial charge in [-0.25, -0.2) is 4.99 Å². The van der Waals surface area contributed by atoms with E-state index in [-0.39, 0.29) is 36.4 Å². The number of carbonyl (C=O) groups excluding carboxylic acids is 1. The lowest BCUT2D eigenvalue weighted by molar-refractivity contribution is -0.114. The molecule has 1 aromatic carbocycles. The van der Waals surface area contributed by atoms with Crippen LogP contribution in [0.4, 0.5) is 5.69 Å². The van der Waals surface area contributed by atoms with Gasteiger partial charge in [-0.05, 0) is 37.5 Å². The molecule has 0 aromatic heterocycles. The van der Waals surface area contributed by atoms with Crippen LogP contribution >= 0.6 is 39.9 Å². The molecule has 0 unspecified atom stereocenters. The lowest BCUT2D eigenvalue weighted by Crippen LogP contribution is -2.36. The fourth-order valence-corrected chi connectivity index (χ4v) is 2.19. The molecule has 3 N–H and O–H groups in total. The van der Waals surface area contributed by atoms with E-state index >= 15 is 0 Å². The first-order valence-corrected chi connectivity index (χ1v) is 7.35. The average Bonchev–Trinajstić information content (AvgIpc) is 3.23. The van der Waals surface area contributed by atoms with Crippen LogP contribution in [0.1, 0.15) is 18.4 Å². The van der Waals surface area contributed by atoms with Gasteiger partial charge in [0.15, 0.2) is 5.96 Å². The first-order valence-electron chi connectivity index (χ1n) is 6.56. The van der Waals surface area contributed by atoms with Crippen molar-refractivity contribution in [2.45, 2.75) is 25.8 Å². The van der Waals surface area contributed by atoms with Gasteiger partial charge in [0.05, 0.1) is 0 Å². The summed E-state index contributed by atoms with van der Waals surface area (Å²) in [4.78, 5) is 17.9. The predicted octanol–water partition coefficient (Wildman–Crippen LogP) is 2.72. The molecule has 0 radical (unpaired) electrons. The molecule has 0 heterocycles. The monoisotopic (exact) mass is 466 g/mol. The Balaban J connectivity index is 0.00000220. The van der Waals surface area contributed by atoms with Crippen LogP contribution in [0.3, 0.4) is 0 Å². The maximum Gasteiger partial charge on any atom is 0.246 e. The Morgan fingerprint density at radius 2 is 2.19 bits per heavy atom. The van der Waals surface area contributed by atoms with Gasteiger partial charge in [0.25, 0.3) is 0 Å². The van der Waals surface area contributed by atoms with Crippen molar-refractivity contribution >= 4 is 57.5 Å². The molecule has 0 spiro atoms. The first kappa shape index (κ1) is 18.2. The highest BCUT2D eigenvalue weighted by Gasteiger charge is 2.27. The van der Waals surface area contributed by atoms with Gasteiger partial charge in [-0.3, -0.25) is 4.79 Å². The summed E-state index contributed by atoms with van der Waals surface area (Å²) in [7, 11) is 1.91. The van der Waals surface area contributed by atoms with Gasteiger partial charge in [0.2, 0.25) is 5.91 Å². The van der Waals surface area contributed by atoms with Crippen LogP contribution in [0.25, 0.3) is 0 Å². The zero-order valence-corrected chi connectivity index (χ0v) is 16.0. The van der Waals surface area contributed by atoms with Crippen LogP contribution in [0.15, 0.2) is 27.7 Å². The molecule has 5 nitrogen and oxygen atoms in total. The summed E-state index contributed by atoms with van der Waals surface area (Å²) >= 11 is 3.38. The summed E-state index contributed by atoms with van der Waals surface area (Å²) in [5, 5.41) is 2.84. The van der Waals surface area contributed by atoms with Crippen LogP contribution in [0.5, 0.6) is 0 Å².